The van der Waals surface area contributed by atoms with Gasteiger partial charge in [-0.25, -0.2) is 0 Å². The average molecular weight is 503 g/mol. The molecule has 0 heterocycles. The van der Waals surface area contributed by atoms with Gasteiger partial charge in [0.05, 0.1) is 6.10 Å². The summed E-state index contributed by atoms with van der Waals surface area (Å²) in [5, 5.41) is 17.1. The number of nitrogens with one attached hydrogen (secondary N) is 2. The number of hydrogen-bond acceptors (Lipinski definition) is 3. The zero-order valence-electron chi connectivity index (χ0n) is 18.0. The molecule has 0 aromatic heterocycles. The van der Waals surface area contributed by atoms with E-state index in [-0.39, 0.29) is 29.4 Å². The van der Waals surface area contributed by atoms with Crippen LogP contribution in [0.15, 0.2) is 29.3 Å². The third kappa shape index (κ3) is 7.87. The number of hydrogen-bond donors (Lipinski definition) is 3. The lowest BCUT2D eigenvalue weighted by molar-refractivity contribution is 0.173. The third-order valence-corrected chi connectivity index (χ3v) is 5.33. The lowest BCUT2D eigenvalue weighted by Gasteiger charge is -2.20. The van der Waals surface area contributed by atoms with Crippen LogP contribution in [0.5, 0.6) is 0 Å². The Kier molecular flexibility index (Phi) is 10.2. The molecule has 1 aliphatic carbocycles. The van der Waals surface area contributed by atoms with Gasteiger partial charge in [-0.3, -0.25) is 4.99 Å². The predicted octanol–water partition coefficient (Wildman–Crippen LogP) is 4.01. The first kappa shape index (κ1) is 25.2. The molecule has 1 unspecified atom stereocenters. The fraction of sp³-hybridized carbons (Fsp3) is 0.682. The summed E-state index contributed by atoms with van der Waals surface area (Å²) >= 11 is 0. The van der Waals surface area contributed by atoms with Gasteiger partial charge in [-0.15, -0.1) is 24.0 Å². The van der Waals surface area contributed by atoms with Gasteiger partial charge in [0.15, 0.2) is 5.96 Å². The largest absolute Gasteiger partial charge is 0.387 e. The van der Waals surface area contributed by atoms with E-state index in [9.17, 15) is 5.11 Å². The Morgan fingerprint density at radius 1 is 1.21 bits per heavy atom. The van der Waals surface area contributed by atoms with Crippen molar-refractivity contribution in [3.8, 4) is 0 Å². The molecule has 0 amide bonds. The number of aliphatic hydroxyl groups is 1. The molecular weight excluding hydrogens is 465 g/mol. The number of aliphatic hydroxyl groups excluding tert-OH is 1. The Morgan fingerprint density at radius 2 is 1.86 bits per heavy atom. The lowest BCUT2D eigenvalue weighted by atomic mass is 9.86. The van der Waals surface area contributed by atoms with Crippen LogP contribution in [-0.2, 0) is 10.2 Å². The molecule has 2 rings (SSSR count). The van der Waals surface area contributed by atoms with Crippen LogP contribution in [0.2, 0.25) is 0 Å². The Morgan fingerprint density at radius 3 is 2.36 bits per heavy atom. The van der Waals surface area contributed by atoms with E-state index in [4.69, 9.17) is 9.73 Å². The van der Waals surface area contributed by atoms with E-state index < -0.39 is 6.10 Å². The molecule has 1 saturated carbocycles. The molecule has 160 valence electrons. The maximum absolute atomic E-state index is 10.5. The van der Waals surface area contributed by atoms with Crippen LogP contribution in [0.3, 0.4) is 0 Å². The summed E-state index contributed by atoms with van der Waals surface area (Å²) in [6, 6.07) is 8.23. The second-order valence-electron chi connectivity index (χ2n) is 8.71. The monoisotopic (exact) mass is 503 g/mol. The van der Waals surface area contributed by atoms with E-state index in [1.807, 2.05) is 12.1 Å². The second-order valence-corrected chi connectivity index (χ2v) is 8.71. The van der Waals surface area contributed by atoms with Crippen molar-refractivity contribution >= 4 is 29.9 Å². The second kappa shape index (κ2) is 11.4. The first-order valence-corrected chi connectivity index (χ1v) is 10.1. The zero-order valence-corrected chi connectivity index (χ0v) is 20.4. The topological polar surface area (TPSA) is 65.9 Å². The van der Waals surface area contributed by atoms with Crippen molar-refractivity contribution in [3.05, 3.63) is 35.4 Å². The van der Waals surface area contributed by atoms with Crippen LogP contribution >= 0.6 is 24.0 Å². The number of aliphatic imine (C=N–C) groups is 1. The fourth-order valence-corrected chi connectivity index (χ4v) is 3.09. The van der Waals surface area contributed by atoms with Gasteiger partial charge in [0.2, 0.25) is 0 Å². The van der Waals surface area contributed by atoms with E-state index >= 15 is 0 Å². The summed E-state index contributed by atoms with van der Waals surface area (Å²) in [6.45, 7) is 11.5. The third-order valence-electron chi connectivity index (χ3n) is 5.33. The Balaban J connectivity index is 0.00000392. The first-order chi connectivity index (χ1) is 12.8. The fourth-order valence-electron chi connectivity index (χ4n) is 3.09. The summed E-state index contributed by atoms with van der Waals surface area (Å²) in [7, 11) is 1.75. The highest BCUT2D eigenvalue weighted by Gasteiger charge is 2.41. The molecule has 0 saturated heterocycles. The summed E-state index contributed by atoms with van der Waals surface area (Å²) < 4.78 is 5.22. The highest BCUT2D eigenvalue weighted by molar-refractivity contribution is 14.0. The predicted molar refractivity (Wildman–Crippen MR) is 128 cm³/mol. The molecule has 28 heavy (non-hydrogen) atoms. The minimum Gasteiger partial charge on any atom is -0.387 e. The summed E-state index contributed by atoms with van der Waals surface area (Å²) in [4.78, 5) is 4.74. The van der Waals surface area contributed by atoms with Gasteiger partial charge >= 0.3 is 0 Å². The normalized spacial score (nSPS) is 16.9. The molecule has 5 nitrogen and oxygen atoms in total. The molecule has 6 heteroatoms. The molecule has 1 aromatic rings. The maximum Gasteiger partial charge on any atom is 0.191 e. The number of methoxy groups -OCH3 is 1. The smallest absolute Gasteiger partial charge is 0.191 e. The molecule has 1 atom stereocenters. The van der Waals surface area contributed by atoms with Crippen molar-refractivity contribution in [1.29, 1.82) is 0 Å². The van der Waals surface area contributed by atoms with Crippen molar-refractivity contribution in [1.82, 2.24) is 10.6 Å². The van der Waals surface area contributed by atoms with Crippen molar-refractivity contribution in [2.45, 2.75) is 58.5 Å². The Bertz CT molecular complexity index is 607. The Hall–Kier alpha value is -0.860. The van der Waals surface area contributed by atoms with Crippen LogP contribution in [0.1, 0.15) is 64.2 Å². The van der Waals surface area contributed by atoms with E-state index in [0.717, 1.165) is 37.6 Å². The van der Waals surface area contributed by atoms with E-state index in [0.29, 0.717) is 12.0 Å². The summed E-state index contributed by atoms with van der Waals surface area (Å²) in [6.07, 6.45) is 2.95. The van der Waals surface area contributed by atoms with Gasteiger partial charge in [-0.1, -0.05) is 45.0 Å². The van der Waals surface area contributed by atoms with Crippen LogP contribution < -0.4 is 10.6 Å². The Labute approximate surface area is 187 Å². The number of halogens is 1. The molecular formula is C22H38IN3O2. The molecule has 0 radical (unpaired) electrons. The molecule has 1 aliphatic rings. The molecule has 3 N–H and O–H groups in total. The minimum atomic E-state index is -0.564. The van der Waals surface area contributed by atoms with Gasteiger partial charge in [0.1, 0.15) is 0 Å². The first-order valence-electron chi connectivity index (χ1n) is 10.1. The number of guanidine groups is 1. The average Bonchev–Trinajstić information content (AvgIpc) is 3.42. The number of rotatable bonds is 9. The van der Waals surface area contributed by atoms with Crippen molar-refractivity contribution in [2.75, 3.05) is 33.4 Å². The lowest BCUT2D eigenvalue weighted by Crippen LogP contribution is -2.39. The summed E-state index contributed by atoms with van der Waals surface area (Å²) in [5.41, 5.74) is 2.63. The van der Waals surface area contributed by atoms with Crippen LogP contribution in [0.4, 0.5) is 0 Å². The number of benzene rings is 1. The SMILES string of the molecule is CCNC(=NCC1(CCOC)CC1)NCC(O)c1ccc(C(C)(C)C)cc1.I. The van der Waals surface area contributed by atoms with Crippen molar-refractivity contribution in [2.24, 2.45) is 10.4 Å². The van der Waals surface area contributed by atoms with E-state index in [1.54, 1.807) is 7.11 Å². The van der Waals surface area contributed by atoms with Gasteiger partial charge in [-0.2, -0.15) is 0 Å². The maximum atomic E-state index is 10.5. The van der Waals surface area contributed by atoms with Crippen molar-refractivity contribution < 1.29 is 9.84 Å². The molecule has 0 bridgehead atoms. The molecule has 0 spiro atoms. The van der Waals surface area contributed by atoms with Gasteiger partial charge < -0.3 is 20.5 Å². The van der Waals surface area contributed by atoms with Crippen LogP contribution in [0, 0.1) is 5.41 Å². The van der Waals surface area contributed by atoms with Crippen LogP contribution in [-0.4, -0.2) is 44.4 Å². The zero-order chi connectivity index (χ0) is 19.9. The molecule has 1 fully saturated rings. The minimum absolute atomic E-state index is 0. The highest BCUT2D eigenvalue weighted by atomic mass is 127. The van der Waals surface area contributed by atoms with Crippen molar-refractivity contribution in [3.63, 3.8) is 0 Å². The van der Waals surface area contributed by atoms with Gasteiger partial charge in [0.25, 0.3) is 0 Å². The standard InChI is InChI=1S/C22H37N3O2.HI/c1-6-23-20(25-16-22(11-12-22)13-14-27-5)24-15-19(26)17-7-9-18(10-8-17)21(2,3)4;/h7-10,19,26H,6,11-16H2,1-5H3,(H2,23,24,25);1H. The molecule has 1 aromatic carbocycles. The molecule has 0 aliphatic heterocycles. The number of nitrogens with zero attached hydrogens (tertiary/aromatic N) is 1. The van der Waals surface area contributed by atoms with E-state index in [1.165, 1.54) is 18.4 Å². The van der Waals surface area contributed by atoms with Crippen LogP contribution in [0.25, 0.3) is 0 Å². The van der Waals surface area contributed by atoms with E-state index in [2.05, 4.69) is 50.5 Å². The van der Waals surface area contributed by atoms with Gasteiger partial charge in [0, 0.05) is 33.4 Å². The summed E-state index contributed by atoms with van der Waals surface area (Å²) in [5.74, 6) is 0.770. The number of ether oxygens (including phenoxy) is 1. The highest BCUT2D eigenvalue weighted by Crippen LogP contribution is 2.48. The van der Waals surface area contributed by atoms with Gasteiger partial charge in [-0.05, 0) is 48.1 Å². The quantitative estimate of drug-likeness (QED) is 0.271.